The van der Waals surface area contributed by atoms with Crippen LogP contribution < -0.4 is 0 Å². The molecule has 24 heavy (non-hydrogen) atoms. The van der Waals surface area contributed by atoms with Gasteiger partial charge >= 0.3 is 0 Å². The van der Waals surface area contributed by atoms with Crippen molar-refractivity contribution >= 4 is 35.4 Å². The Balaban J connectivity index is 2.22. The second kappa shape index (κ2) is 8.86. The third-order valence-corrected chi connectivity index (χ3v) is 4.67. The van der Waals surface area contributed by atoms with Crippen molar-refractivity contribution in [3.63, 3.8) is 0 Å². The summed E-state index contributed by atoms with van der Waals surface area (Å²) >= 11 is 12.0. The Morgan fingerprint density at radius 2 is 1.83 bits per heavy atom. The molecule has 2 rings (SSSR count). The molecular weight excluding hydrogens is 345 g/mol. The van der Waals surface area contributed by atoms with E-state index in [9.17, 15) is 9.59 Å². The van der Waals surface area contributed by atoms with Crippen molar-refractivity contribution in [2.24, 2.45) is 0 Å². The van der Waals surface area contributed by atoms with Gasteiger partial charge in [-0.2, -0.15) is 0 Å². The average Bonchev–Trinajstić information content (AvgIpc) is 2.61. The van der Waals surface area contributed by atoms with Crippen molar-refractivity contribution in [2.75, 3.05) is 13.1 Å². The maximum atomic E-state index is 12.7. The molecule has 0 aliphatic heterocycles. The molecule has 5 heteroatoms. The van der Waals surface area contributed by atoms with Crippen LogP contribution >= 0.6 is 23.2 Å². The highest BCUT2D eigenvalue weighted by Gasteiger charge is 2.20. The Morgan fingerprint density at radius 1 is 1.12 bits per heavy atom. The van der Waals surface area contributed by atoms with Crippen molar-refractivity contribution in [2.45, 2.75) is 19.3 Å². The molecular formula is C19H19Cl2NO2. The van der Waals surface area contributed by atoms with Gasteiger partial charge in [0.1, 0.15) is 6.29 Å². The van der Waals surface area contributed by atoms with Crippen LogP contribution in [0.3, 0.4) is 0 Å². The average molecular weight is 364 g/mol. The summed E-state index contributed by atoms with van der Waals surface area (Å²) in [6, 6.07) is 14.5. The van der Waals surface area contributed by atoms with E-state index >= 15 is 0 Å². The number of aldehydes is 1. The van der Waals surface area contributed by atoms with Crippen LogP contribution in [0, 0.1) is 0 Å². The zero-order valence-corrected chi connectivity index (χ0v) is 14.9. The first-order valence-corrected chi connectivity index (χ1v) is 8.55. The van der Waals surface area contributed by atoms with Crippen molar-refractivity contribution in [1.29, 1.82) is 0 Å². The van der Waals surface area contributed by atoms with Crippen molar-refractivity contribution in [3.05, 3.63) is 69.7 Å². The van der Waals surface area contributed by atoms with E-state index in [1.54, 1.807) is 29.2 Å². The first-order chi connectivity index (χ1) is 11.6. The maximum Gasteiger partial charge on any atom is 0.253 e. The second-order valence-corrected chi connectivity index (χ2v) is 6.30. The van der Waals surface area contributed by atoms with Crippen molar-refractivity contribution in [1.82, 2.24) is 4.90 Å². The number of halogens is 2. The third-order valence-electron chi connectivity index (χ3n) is 3.93. The molecule has 2 aromatic rings. The molecule has 0 unspecified atom stereocenters. The lowest BCUT2D eigenvalue weighted by Crippen LogP contribution is -2.34. The zero-order chi connectivity index (χ0) is 17.5. The third kappa shape index (κ3) is 4.59. The highest BCUT2D eigenvalue weighted by molar-refractivity contribution is 6.42. The van der Waals surface area contributed by atoms with Gasteiger partial charge in [-0.15, -0.1) is 0 Å². The van der Waals surface area contributed by atoms with Gasteiger partial charge in [0.15, 0.2) is 0 Å². The van der Waals surface area contributed by atoms with Gasteiger partial charge in [0, 0.05) is 31.0 Å². The first kappa shape index (κ1) is 18.5. The van der Waals surface area contributed by atoms with Gasteiger partial charge in [-0.05, 0) is 36.8 Å². The molecule has 0 fully saturated rings. The highest BCUT2D eigenvalue weighted by Crippen LogP contribution is 2.28. The predicted octanol–water partition coefficient (Wildman–Crippen LogP) is 4.83. The van der Waals surface area contributed by atoms with Gasteiger partial charge in [-0.1, -0.05) is 47.5 Å². The minimum atomic E-state index is -0.120. The maximum absolute atomic E-state index is 12.7. The van der Waals surface area contributed by atoms with Gasteiger partial charge in [0.2, 0.25) is 0 Å². The van der Waals surface area contributed by atoms with Gasteiger partial charge in [-0.25, -0.2) is 0 Å². The summed E-state index contributed by atoms with van der Waals surface area (Å²) in [6.07, 6.45) is 1.19. The Kier molecular flexibility index (Phi) is 6.83. The number of amides is 1. The molecule has 1 atom stereocenters. The summed E-state index contributed by atoms with van der Waals surface area (Å²) in [6.45, 7) is 2.93. The van der Waals surface area contributed by atoms with Gasteiger partial charge < -0.3 is 9.69 Å². The van der Waals surface area contributed by atoms with Crippen LogP contribution in [-0.4, -0.2) is 30.2 Å². The molecule has 126 valence electrons. The predicted molar refractivity (Wildman–Crippen MR) is 97.9 cm³/mol. The smallest absolute Gasteiger partial charge is 0.253 e. The lowest BCUT2D eigenvalue weighted by atomic mass is 9.95. The molecule has 0 saturated heterocycles. The van der Waals surface area contributed by atoms with E-state index in [1.165, 1.54) is 0 Å². The monoisotopic (exact) mass is 363 g/mol. The van der Waals surface area contributed by atoms with Crippen LogP contribution in [0.5, 0.6) is 0 Å². The normalized spacial score (nSPS) is 11.8. The summed E-state index contributed by atoms with van der Waals surface area (Å²) in [5, 5.41) is 0.917. The van der Waals surface area contributed by atoms with E-state index in [0.29, 0.717) is 35.1 Å². The van der Waals surface area contributed by atoms with Crippen LogP contribution in [0.25, 0.3) is 0 Å². The molecule has 0 saturated carbocycles. The number of rotatable bonds is 7. The van der Waals surface area contributed by atoms with E-state index in [4.69, 9.17) is 23.2 Å². The molecule has 0 aliphatic carbocycles. The summed E-state index contributed by atoms with van der Waals surface area (Å²) in [7, 11) is 0. The van der Waals surface area contributed by atoms with Crippen LogP contribution in [0.1, 0.15) is 35.2 Å². The van der Waals surface area contributed by atoms with E-state index in [0.717, 1.165) is 11.8 Å². The van der Waals surface area contributed by atoms with Gasteiger partial charge in [-0.3, -0.25) is 4.79 Å². The molecule has 0 aromatic heterocycles. The molecule has 0 bridgehead atoms. The number of hydrogen-bond acceptors (Lipinski definition) is 2. The summed E-state index contributed by atoms with van der Waals surface area (Å²) in [5.41, 5.74) is 1.54. The van der Waals surface area contributed by atoms with E-state index in [1.807, 2.05) is 31.2 Å². The van der Waals surface area contributed by atoms with Crippen LogP contribution in [-0.2, 0) is 4.79 Å². The van der Waals surface area contributed by atoms with Crippen LogP contribution in [0.15, 0.2) is 48.5 Å². The minimum Gasteiger partial charge on any atom is -0.338 e. The molecule has 0 radical (unpaired) electrons. The largest absolute Gasteiger partial charge is 0.338 e. The topological polar surface area (TPSA) is 37.4 Å². The van der Waals surface area contributed by atoms with Gasteiger partial charge in [0.25, 0.3) is 5.91 Å². The standard InChI is InChI=1S/C19H19Cl2NO2/c1-2-22(19(24)14-6-4-3-5-7-14)13-16(10-11-23)15-8-9-17(20)18(21)12-15/h3-9,11-12,16H,2,10,13H2,1H3/t16-/m1/s1. The fraction of sp³-hybridized carbons (Fsp3) is 0.263. The Labute approximate surface area is 152 Å². The molecule has 3 nitrogen and oxygen atoms in total. The quantitative estimate of drug-likeness (QED) is 0.660. The highest BCUT2D eigenvalue weighted by atomic mass is 35.5. The summed E-state index contributed by atoms with van der Waals surface area (Å²) in [5.74, 6) is -0.168. The van der Waals surface area contributed by atoms with Gasteiger partial charge in [0.05, 0.1) is 10.0 Å². The SMILES string of the molecule is CCN(C[C@@H](CC=O)c1ccc(Cl)c(Cl)c1)C(=O)c1ccccc1. The lowest BCUT2D eigenvalue weighted by Gasteiger charge is -2.26. The first-order valence-electron chi connectivity index (χ1n) is 7.79. The number of likely N-dealkylation sites (N-methyl/N-ethyl adjacent to an activating group) is 1. The number of nitrogens with zero attached hydrogens (tertiary/aromatic N) is 1. The van der Waals surface area contributed by atoms with E-state index < -0.39 is 0 Å². The molecule has 0 heterocycles. The minimum absolute atomic E-state index is 0.0472. The fourth-order valence-corrected chi connectivity index (χ4v) is 2.89. The van der Waals surface area contributed by atoms with E-state index in [-0.39, 0.29) is 11.8 Å². The number of carbonyl (C=O) groups is 2. The van der Waals surface area contributed by atoms with Crippen molar-refractivity contribution < 1.29 is 9.59 Å². The summed E-state index contributed by atoms with van der Waals surface area (Å²) < 4.78 is 0. The van der Waals surface area contributed by atoms with Crippen LogP contribution in [0.4, 0.5) is 0 Å². The number of hydrogen-bond donors (Lipinski definition) is 0. The van der Waals surface area contributed by atoms with Crippen molar-refractivity contribution in [3.8, 4) is 0 Å². The molecule has 0 spiro atoms. The Morgan fingerprint density at radius 3 is 2.42 bits per heavy atom. The molecule has 0 N–H and O–H groups in total. The molecule has 1 amide bonds. The number of benzene rings is 2. The fourth-order valence-electron chi connectivity index (χ4n) is 2.58. The molecule has 0 aliphatic rings. The summed E-state index contributed by atoms with van der Waals surface area (Å²) in [4.78, 5) is 25.5. The molecule has 2 aromatic carbocycles. The van der Waals surface area contributed by atoms with Crippen LogP contribution in [0.2, 0.25) is 10.0 Å². The zero-order valence-electron chi connectivity index (χ0n) is 13.4. The van der Waals surface area contributed by atoms with E-state index in [2.05, 4.69) is 0 Å². The Hall–Kier alpha value is -1.84. The lowest BCUT2D eigenvalue weighted by molar-refractivity contribution is -0.108. The Bertz CT molecular complexity index is 704. The number of carbonyl (C=O) groups excluding carboxylic acids is 2. The second-order valence-electron chi connectivity index (χ2n) is 5.48.